The second kappa shape index (κ2) is 9.53. The summed E-state index contributed by atoms with van der Waals surface area (Å²) in [6.45, 7) is 3.27. The van der Waals surface area contributed by atoms with Crippen LogP contribution in [0.2, 0.25) is 0 Å². The van der Waals surface area contributed by atoms with E-state index in [1.54, 1.807) is 18.5 Å². The largest absolute Gasteiger partial charge is 0.353 e. The van der Waals surface area contributed by atoms with Crippen LogP contribution in [0.1, 0.15) is 22.3 Å². The van der Waals surface area contributed by atoms with Crippen molar-refractivity contribution < 1.29 is 9.18 Å². The molecule has 0 unspecified atom stereocenters. The van der Waals surface area contributed by atoms with E-state index in [1.807, 2.05) is 39.6 Å². The first-order chi connectivity index (χ1) is 18.0. The molecule has 188 valence electrons. The van der Waals surface area contributed by atoms with Gasteiger partial charge in [0.1, 0.15) is 10.4 Å². The molecular formula is C27H25FN6O2S. The summed E-state index contributed by atoms with van der Waals surface area (Å²) in [4.78, 5) is 40.5. The van der Waals surface area contributed by atoms with E-state index in [4.69, 9.17) is 4.98 Å². The minimum atomic E-state index is -0.560. The quantitative estimate of drug-likeness (QED) is 0.393. The second-order valence-corrected chi connectivity index (χ2v) is 10.3. The topological polar surface area (TPSA) is 82.8 Å². The molecule has 6 rings (SSSR count). The zero-order valence-corrected chi connectivity index (χ0v) is 21.1. The van der Waals surface area contributed by atoms with Crippen molar-refractivity contribution in [2.45, 2.75) is 13.0 Å². The van der Waals surface area contributed by atoms with Gasteiger partial charge >= 0.3 is 0 Å². The van der Waals surface area contributed by atoms with Crippen molar-refractivity contribution in [3.05, 3.63) is 82.0 Å². The molecule has 0 aliphatic carbocycles. The fourth-order valence-electron chi connectivity index (χ4n) is 4.85. The van der Waals surface area contributed by atoms with Crippen molar-refractivity contribution in [3.63, 3.8) is 0 Å². The molecular weight excluding hydrogens is 491 g/mol. The van der Waals surface area contributed by atoms with Gasteiger partial charge in [0.25, 0.3) is 5.91 Å². The Hall–Kier alpha value is -3.89. The third-order valence-electron chi connectivity index (χ3n) is 6.77. The van der Waals surface area contributed by atoms with Crippen LogP contribution < -0.4 is 15.6 Å². The Bertz CT molecular complexity index is 1700. The third-order valence-corrected chi connectivity index (χ3v) is 7.92. The molecule has 1 saturated heterocycles. The molecule has 5 aromatic rings. The molecule has 10 heteroatoms. The van der Waals surface area contributed by atoms with Crippen LogP contribution in [0.3, 0.4) is 0 Å². The van der Waals surface area contributed by atoms with Crippen molar-refractivity contribution in [1.82, 2.24) is 24.6 Å². The zero-order valence-electron chi connectivity index (χ0n) is 20.3. The average molecular weight is 517 g/mol. The van der Waals surface area contributed by atoms with Crippen LogP contribution in [0, 0.1) is 5.82 Å². The summed E-state index contributed by atoms with van der Waals surface area (Å²) in [7, 11) is 2.05. The number of carbonyl (C=O) groups excluding carboxylic acids is 1. The first kappa shape index (κ1) is 23.5. The Morgan fingerprint density at radius 1 is 1.14 bits per heavy atom. The molecule has 1 aromatic carbocycles. The number of pyridine rings is 3. The first-order valence-electron chi connectivity index (χ1n) is 12.2. The van der Waals surface area contributed by atoms with Gasteiger partial charge in [0, 0.05) is 38.6 Å². The van der Waals surface area contributed by atoms with Crippen LogP contribution in [-0.4, -0.2) is 58.4 Å². The van der Waals surface area contributed by atoms with Crippen molar-refractivity contribution in [3.8, 4) is 0 Å². The Labute approximate surface area is 216 Å². The summed E-state index contributed by atoms with van der Waals surface area (Å²) < 4.78 is 18.2. The predicted molar refractivity (Wildman–Crippen MR) is 144 cm³/mol. The molecule has 0 radical (unpaired) electrons. The van der Waals surface area contributed by atoms with Crippen LogP contribution in [0.15, 0.2) is 59.7 Å². The monoisotopic (exact) mass is 516 g/mol. The Morgan fingerprint density at radius 2 is 2.00 bits per heavy atom. The first-order valence-corrected chi connectivity index (χ1v) is 13.0. The van der Waals surface area contributed by atoms with E-state index in [0.717, 1.165) is 35.3 Å². The van der Waals surface area contributed by atoms with Gasteiger partial charge in [0.15, 0.2) is 17.3 Å². The molecule has 8 nitrogen and oxygen atoms in total. The van der Waals surface area contributed by atoms with Gasteiger partial charge < -0.3 is 15.1 Å². The van der Waals surface area contributed by atoms with Crippen molar-refractivity contribution in [2.75, 3.05) is 38.1 Å². The van der Waals surface area contributed by atoms with Crippen LogP contribution in [0.4, 0.5) is 10.2 Å². The second-order valence-electron chi connectivity index (χ2n) is 9.27. The molecule has 0 spiro atoms. The minimum absolute atomic E-state index is 0.0112. The summed E-state index contributed by atoms with van der Waals surface area (Å²) in [5, 5.41) is 2.92. The molecule has 0 saturated carbocycles. The number of nitrogens with zero attached hydrogens (tertiary/aromatic N) is 5. The lowest BCUT2D eigenvalue weighted by molar-refractivity contribution is 0.0951. The van der Waals surface area contributed by atoms with Gasteiger partial charge in [0.05, 0.1) is 15.6 Å². The number of hydrogen-bond donors (Lipinski definition) is 1. The number of rotatable bonds is 4. The molecule has 1 N–H and O–H groups in total. The predicted octanol–water partition coefficient (Wildman–Crippen LogP) is 3.67. The van der Waals surface area contributed by atoms with Crippen LogP contribution >= 0.6 is 11.3 Å². The number of aromatic nitrogens is 3. The van der Waals surface area contributed by atoms with Gasteiger partial charge in [0.2, 0.25) is 5.43 Å². The van der Waals surface area contributed by atoms with Crippen molar-refractivity contribution in [1.29, 1.82) is 0 Å². The molecule has 0 atom stereocenters. The van der Waals surface area contributed by atoms with Gasteiger partial charge in [-0.25, -0.2) is 9.37 Å². The molecule has 5 heterocycles. The third kappa shape index (κ3) is 4.21. The van der Waals surface area contributed by atoms with Crippen molar-refractivity contribution in [2.24, 2.45) is 0 Å². The Morgan fingerprint density at radius 3 is 2.84 bits per heavy atom. The SMILES string of the molecule is CN1CCCN(c2nc3c(cc2F)c(=O)c(C(=O)NCc2cccnc2)c2sc4ccccc4n23)CC1. The number of carbonyl (C=O) groups is 1. The van der Waals surface area contributed by atoms with Crippen LogP contribution in [0.25, 0.3) is 26.1 Å². The maximum Gasteiger partial charge on any atom is 0.258 e. The van der Waals surface area contributed by atoms with Gasteiger partial charge in [-0.15, -0.1) is 11.3 Å². The average Bonchev–Trinajstić information content (AvgIpc) is 3.15. The van der Waals surface area contributed by atoms with E-state index in [9.17, 15) is 9.59 Å². The van der Waals surface area contributed by atoms with Gasteiger partial charge in [-0.05, 0) is 49.8 Å². The number of fused-ring (bicyclic) bond motifs is 5. The number of nitrogens with one attached hydrogen (secondary N) is 1. The van der Waals surface area contributed by atoms with E-state index in [0.29, 0.717) is 23.6 Å². The lowest BCUT2D eigenvalue weighted by atomic mass is 10.1. The molecule has 1 amide bonds. The highest BCUT2D eigenvalue weighted by molar-refractivity contribution is 7.24. The standard InChI is InChI=1S/C27H25FN6O2S/c1-32-10-5-11-33(13-12-32)25-19(28)14-18-23(35)22(26(36)30-16-17-6-4-9-29-15-17)27-34(24(18)31-25)20-7-2-3-8-21(20)37-27/h2-4,6-9,14-15H,5,10-13,16H2,1H3,(H,30,36). The highest BCUT2D eigenvalue weighted by Crippen LogP contribution is 2.32. The summed E-state index contributed by atoms with van der Waals surface area (Å²) in [5.74, 6) is -0.838. The summed E-state index contributed by atoms with van der Waals surface area (Å²) in [6, 6.07) is 12.5. The Balaban J connectivity index is 1.54. The van der Waals surface area contributed by atoms with Gasteiger partial charge in [-0.1, -0.05) is 18.2 Å². The van der Waals surface area contributed by atoms with Crippen LogP contribution in [-0.2, 0) is 6.54 Å². The van der Waals surface area contributed by atoms with E-state index >= 15 is 4.39 Å². The highest BCUT2D eigenvalue weighted by atomic mass is 32.1. The number of hydrogen-bond acceptors (Lipinski definition) is 7. The Kier molecular flexibility index (Phi) is 6.05. The molecule has 4 aromatic heterocycles. The zero-order chi connectivity index (χ0) is 25.5. The summed E-state index contributed by atoms with van der Waals surface area (Å²) >= 11 is 1.35. The normalized spacial score (nSPS) is 14.9. The number of halogens is 1. The maximum atomic E-state index is 15.5. The lowest BCUT2D eigenvalue weighted by Crippen LogP contribution is -2.31. The number of amides is 1. The summed E-state index contributed by atoms with van der Waals surface area (Å²) in [6.07, 6.45) is 4.20. The summed E-state index contributed by atoms with van der Waals surface area (Å²) in [5.41, 5.74) is 1.44. The molecule has 37 heavy (non-hydrogen) atoms. The maximum absolute atomic E-state index is 15.5. The number of likely N-dealkylation sites (N-methyl/N-ethyl adjacent to an activating group) is 1. The number of thiazole rings is 1. The lowest BCUT2D eigenvalue weighted by Gasteiger charge is -2.22. The van der Waals surface area contributed by atoms with Gasteiger partial charge in [-0.3, -0.25) is 19.0 Å². The molecule has 0 bridgehead atoms. The van der Waals surface area contributed by atoms with Crippen molar-refractivity contribution >= 4 is 49.1 Å². The highest BCUT2D eigenvalue weighted by Gasteiger charge is 2.25. The molecule has 1 aliphatic rings. The molecule has 1 fully saturated rings. The number of benzene rings is 1. The van der Waals surface area contributed by atoms with Crippen LogP contribution in [0.5, 0.6) is 0 Å². The fraction of sp³-hybridized carbons (Fsp3) is 0.259. The number of para-hydroxylation sites is 1. The number of anilines is 1. The van der Waals surface area contributed by atoms with E-state index < -0.39 is 17.2 Å². The smallest absolute Gasteiger partial charge is 0.258 e. The fourth-order valence-corrected chi connectivity index (χ4v) is 6.04. The van der Waals surface area contributed by atoms with E-state index in [1.165, 1.54) is 17.4 Å². The van der Waals surface area contributed by atoms with Gasteiger partial charge in [-0.2, -0.15) is 0 Å². The van der Waals surface area contributed by atoms with E-state index in [2.05, 4.69) is 22.2 Å². The van der Waals surface area contributed by atoms with E-state index in [-0.39, 0.29) is 23.3 Å². The minimum Gasteiger partial charge on any atom is -0.353 e. The molecule has 1 aliphatic heterocycles.